The summed E-state index contributed by atoms with van der Waals surface area (Å²) in [6.45, 7) is 1.71. The average molecular weight is 448 g/mol. The highest BCUT2D eigenvalue weighted by Crippen LogP contribution is 2.25. The Kier molecular flexibility index (Phi) is 7.20. The van der Waals surface area contributed by atoms with Gasteiger partial charge in [0.05, 0.1) is 11.0 Å². The lowest BCUT2D eigenvalue weighted by Gasteiger charge is -2.19. The second-order valence-electron chi connectivity index (χ2n) is 7.24. The third-order valence-corrected chi connectivity index (χ3v) is 6.54. The van der Waals surface area contributed by atoms with Crippen molar-refractivity contribution in [1.29, 1.82) is 5.26 Å². The molecule has 164 valence electrons. The number of rotatable bonds is 8. The van der Waals surface area contributed by atoms with Gasteiger partial charge in [-0.25, -0.2) is 21.9 Å². The first-order valence-electron chi connectivity index (χ1n) is 9.75. The minimum atomic E-state index is -3.73. The van der Waals surface area contributed by atoms with Crippen LogP contribution >= 0.6 is 0 Å². The first-order valence-corrected chi connectivity index (χ1v) is 11.2. The second-order valence-corrected chi connectivity index (χ2v) is 9.01. The Hall–Kier alpha value is -3.03. The van der Waals surface area contributed by atoms with Gasteiger partial charge in [0.15, 0.2) is 11.6 Å². The molecule has 2 aromatic carbocycles. The number of anilines is 1. The second kappa shape index (κ2) is 9.85. The van der Waals surface area contributed by atoms with E-state index in [1.165, 1.54) is 36.4 Å². The molecular weight excluding hydrogens is 426 g/mol. The predicted molar refractivity (Wildman–Crippen MR) is 111 cm³/mol. The average Bonchev–Trinajstić information content (AvgIpc) is 3.23. The number of carbonyl (C=O) groups is 1. The van der Waals surface area contributed by atoms with Gasteiger partial charge in [0.1, 0.15) is 0 Å². The molecule has 3 rings (SSSR count). The normalized spacial score (nSPS) is 16.2. The Morgan fingerprint density at radius 2 is 1.90 bits per heavy atom. The van der Waals surface area contributed by atoms with Gasteiger partial charge < -0.3 is 10.2 Å². The molecule has 0 spiro atoms. The minimum Gasteiger partial charge on any atom is -0.371 e. The van der Waals surface area contributed by atoms with Gasteiger partial charge in [0.2, 0.25) is 10.0 Å². The maximum absolute atomic E-state index is 13.4. The molecular formula is C21H22F2N4O3S. The number of halogens is 2. The number of benzene rings is 2. The quantitative estimate of drug-likeness (QED) is 0.604. The predicted octanol–water partition coefficient (Wildman–Crippen LogP) is 2.41. The topological polar surface area (TPSA) is 102 Å². The smallest absolute Gasteiger partial charge is 0.251 e. The Labute approximate surface area is 179 Å². The first-order chi connectivity index (χ1) is 14.8. The molecule has 0 saturated carbocycles. The van der Waals surface area contributed by atoms with Crippen molar-refractivity contribution in [2.45, 2.75) is 17.7 Å². The molecule has 1 atom stereocenters. The molecule has 0 aliphatic carbocycles. The molecule has 31 heavy (non-hydrogen) atoms. The van der Waals surface area contributed by atoms with Gasteiger partial charge in [0, 0.05) is 49.9 Å². The molecule has 10 heteroatoms. The van der Waals surface area contributed by atoms with Crippen molar-refractivity contribution in [2.24, 2.45) is 5.92 Å². The van der Waals surface area contributed by atoms with Crippen LogP contribution in [0, 0.1) is 28.9 Å². The van der Waals surface area contributed by atoms with E-state index in [0.29, 0.717) is 30.9 Å². The van der Waals surface area contributed by atoms with E-state index in [1.54, 1.807) is 0 Å². The maximum atomic E-state index is 13.4. The summed E-state index contributed by atoms with van der Waals surface area (Å²) in [5.74, 6) is -1.95. The fraction of sp³-hybridized carbons (Fsp3) is 0.333. The van der Waals surface area contributed by atoms with Crippen LogP contribution in [0.5, 0.6) is 0 Å². The zero-order valence-corrected chi connectivity index (χ0v) is 17.5. The molecule has 2 N–H and O–H groups in total. The summed E-state index contributed by atoms with van der Waals surface area (Å²) in [5, 5.41) is 11.3. The van der Waals surface area contributed by atoms with E-state index in [-0.39, 0.29) is 29.7 Å². The van der Waals surface area contributed by atoms with Crippen LogP contribution in [0.15, 0.2) is 47.4 Å². The zero-order chi connectivity index (χ0) is 22.4. The molecule has 1 fully saturated rings. The van der Waals surface area contributed by atoms with Crippen LogP contribution in [0.25, 0.3) is 0 Å². The number of nitriles is 1. The highest BCUT2D eigenvalue weighted by Gasteiger charge is 2.24. The SMILES string of the molecule is N#CCCNS(=O)(=O)c1ccc(C(=O)NCC2CCN(c3ccc(F)c(F)c3)C2)cc1. The van der Waals surface area contributed by atoms with E-state index in [4.69, 9.17) is 5.26 Å². The molecule has 1 heterocycles. The Morgan fingerprint density at radius 1 is 1.16 bits per heavy atom. The summed E-state index contributed by atoms with van der Waals surface area (Å²) in [4.78, 5) is 14.3. The van der Waals surface area contributed by atoms with E-state index in [2.05, 4.69) is 10.0 Å². The van der Waals surface area contributed by atoms with Crippen molar-refractivity contribution >= 4 is 21.6 Å². The molecule has 1 amide bonds. The van der Waals surface area contributed by atoms with Crippen molar-refractivity contribution in [3.63, 3.8) is 0 Å². The van der Waals surface area contributed by atoms with E-state index in [0.717, 1.165) is 12.5 Å². The lowest BCUT2D eigenvalue weighted by Crippen LogP contribution is -2.31. The fourth-order valence-corrected chi connectivity index (χ4v) is 4.40. The van der Waals surface area contributed by atoms with E-state index in [1.807, 2.05) is 11.0 Å². The fourth-order valence-electron chi connectivity index (χ4n) is 3.36. The number of carbonyl (C=O) groups excluding carboxylic acids is 1. The lowest BCUT2D eigenvalue weighted by molar-refractivity contribution is 0.0948. The van der Waals surface area contributed by atoms with E-state index in [9.17, 15) is 22.0 Å². The van der Waals surface area contributed by atoms with Crippen LogP contribution in [0.1, 0.15) is 23.2 Å². The largest absolute Gasteiger partial charge is 0.371 e. The number of sulfonamides is 1. The van der Waals surface area contributed by atoms with Gasteiger partial charge in [-0.15, -0.1) is 0 Å². The molecule has 1 aliphatic heterocycles. The molecule has 0 bridgehead atoms. The highest BCUT2D eigenvalue weighted by atomic mass is 32.2. The summed E-state index contributed by atoms with van der Waals surface area (Å²) >= 11 is 0. The van der Waals surface area contributed by atoms with Crippen LogP contribution in [0.3, 0.4) is 0 Å². The first kappa shape index (κ1) is 22.7. The van der Waals surface area contributed by atoms with Gasteiger partial charge in [-0.1, -0.05) is 0 Å². The van der Waals surface area contributed by atoms with Gasteiger partial charge in [0.25, 0.3) is 5.91 Å². The molecule has 2 aromatic rings. The summed E-state index contributed by atoms with van der Waals surface area (Å²) < 4.78 is 53.1. The number of nitrogens with one attached hydrogen (secondary N) is 2. The van der Waals surface area contributed by atoms with Crippen LogP contribution < -0.4 is 14.9 Å². The Morgan fingerprint density at radius 3 is 2.58 bits per heavy atom. The molecule has 1 saturated heterocycles. The van der Waals surface area contributed by atoms with Gasteiger partial charge in [-0.05, 0) is 48.7 Å². The molecule has 0 radical (unpaired) electrons. The molecule has 1 unspecified atom stereocenters. The molecule has 0 aromatic heterocycles. The third-order valence-electron chi connectivity index (χ3n) is 5.06. The number of hydrogen-bond acceptors (Lipinski definition) is 5. The summed E-state index contributed by atoms with van der Waals surface area (Å²) in [6.07, 6.45) is 0.860. The van der Waals surface area contributed by atoms with E-state index < -0.39 is 21.7 Å². The van der Waals surface area contributed by atoms with Crippen LogP contribution in [-0.4, -0.2) is 40.5 Å². The van der Waals surface area contributed by atoms with Gasteiger partial charge in [-0.2, -0.15) is 5.26 Å². The van der Waals surface area contributed by atoms with Crippen molar-refractivity contribution in [2.75, 3.05) is 31.1 Å². The van der Waals surface area contributed by atoms with Crippen molar-refractivity contribution in [1.82, 2.24) is 10.0 Å². The summed E-state index contributed by atoms with van der Waals surface area (Å²) in [6, 6.07) is 11.2. The number of amides is 1. The highest BCUT2D eigenvalue weighted by molar-refractivity contribution is 7.89. The maximum Gasteiger partial charge on any atom is 0.251 e. The molecule has 7 nitrogen and oxygen atoms in total. The third kappa shape index (κ3) is 5.77. The van der Waals surface area contributed by atoms with Crippen LogP contribution in [-0.2, 0) is 10.0 Å². The summed E-state index contributed by atoms with van der Waals surface area (Å²) in [7, 11) is -3.73. The van der Waals surface area contributed by atoms with Crippen molar-refractivity contribution < 1.29 is 22.0 Å². The standard InChI is InChI=1S/C21H22F2N4O3S/c22-19-7-4-17(12-20(19)23)27-11-8-15(14-27)13-25-21(28)16-2-5-18(6-3-16)31(29,30)26-10-1-9-24/h2-7,12,15,26H,1,8,10-11,13-14H2,(H,25,28). The summed E-state index contributed by atoms with van der Waals surface area (Å²) in [5.41, 5.74) is 0.930. The number of nitrogens with zero attached hydrogens (tertiary/aromatic N) is 2. The van der Waals surface area contributed by atoms with Crippen molar-refractivity contribution in [3.8, 4) is 6.07 Å². The van der Waals surface area contributed by atoms with Crippen molar-refractivity contribution in [3.05, 3.63) is 59.7 Å². The zero-order valence-electron chi connectivity index (χ0n) is 16.6. The van der Waals surface area contributed by atoms with Gasteiger partial charge >= 0.3 is 0 Å². The molecule has 1 aliphatic rings. The monoisotopic (exact) mass is 448 g/mol. The Bertz CT molecular complexity index is 1080. The number of hydrogen-bond donors (Lipinski definition) is 2. The Balaban J connectivity index is 1.52. The lowest BCUT2D eigenvalue weighted by atomic mass is 10.1. The van der Waals surface area contributed by atoms with Crippen LogP contribution in [0.2, 0.25) is 0 Å². The van der Waals surface area contributed by atoms with Gasteiger partial charge in [-0.3, -0.25) is 4.79 Å². The van der Waals surface area contributed by atoms with Crippen LogP contribution in [0.4, 0.5) is 14.5 Å². The minimum absolute atomic E-state index is 0.0138. The van der Waals surface area contributed by atoms with E-state index >= 15 is 0 Å².